The van der Waals surface area contributed by atoms with Crippen molar-refractivity contribution in [2.24, 2.45) is 5.73 Å². The van der Waals surface area contributed by atoms with Gasteiger partial charge in [-0.05, 0) is 30.2 Å². The fraction of sp³-hybridized carbons (Fsp3) is 0.478. The summed E-state index contributed by atoms with van der Waals surface area (Å²) in [5.41, 5.74) is 4.88. The third-order valence-corrected chi connectivity index (χ3v) is 7.98. The van der Waals surface area contributed by atoms with E-state index in [1.165, 1.54) is 0 Å². The lowest BCUT2D eigenvalue weighted by Gasteiger charge is -2.64. The van der Waals surface area contributed by atoms with Crippen molar-refractivity contribution in [1.82, 2.24) is 0 Å². The van der Waals surface area contributed by atoms with Crippen LogP contribution in [0.25, 0.3) is 0 Å². The molecule has 1 amide bonds. The Labute approximate surface area is 174 Å². The fourth-order valence-electron chi connectivity index (χ4n) is 6.57. The van der Waals surface area contributed by atoms with Crippen molar-refractivity contribution in [3.05, 3.63) is 53.0 Å². The van der Waals surface area contributed by atoms with Crippen LogP contribution >= 0.6 is 0 Å². The minimum Gasteiger partial charge on any atom is -0.507 e. The van der Waals surface area contributed by atoms with E-state index in [0.717, 1.165) is 17.9 Å². The van der Waals surface area contributed by atoms with Crippen molar-refractivity contribution < 1.29 is 28.7 Å². The zero-order valence-electron chi connectivity index (χ0n) is 17.1. The number of quaternary nitrogens is 1. The van der Waals surface area contributed by atoms with E-state index in [2.05, 4.69) is 7.05 Å². The average molecular weight is 411 g/mol. The maximum Gasteiger partial charge on any atom is 0.252 e. The molecule has 1 saturated carbocycles. The molecule has 7 heteroatoms. The van der Waals surface area contributed by atoms with E-state index < -0.39 is 16.9 Å². The standard InChI is InChI=1S/C23H26N2O5/c1-25(13-16-3-2-10-30-16)9-8-22-12-15(26)6-7-23(22,29)18(25)11-14-4-5-17(21(24)28)20(27)19(14)22/h2-5,10,18,29H,6-9,11-13H2,1H3,(H2-,24,27,28)/p+1/t18-,22-,23-,25?/m1/s1. The lowest BCUT2D eigenvalue weighted by Crippen LogP contribution is -2.77. The number of rotatable bonds is 3. The van der Waals surface area contributed by atoms with Crippen LogP contribution in [0.15, 0.2) is 34.9 Å². The molecule has 5 rings (SSSR count). The quantitative estimate of drug-likeness (QED) is 0.666. The Kier molecular flexibility index (Phi) is 3.98. The molecule has 4 atom stereocenters. The number of carbonyl (C=O) groups is 2. The highest BCUT2D eigenvalue weighted by atomic mass is 16.3. The predicted octanol–water partition coefficient (Wildman–Crippen LogP) is 1.78. The number of aromatic hydroxyl groups is 1. The first-order valence-electron chi connectivity index (χ1n) is 10.5. The summed E-state index contributed by atoms with van der Waals surface area (Å²) in [5.74, 6) is 0.0537. The fourth-order valence-corrected chi connectivity index (χ4v) is 6.57. The molecular weight excluding hydrogens is 384 g/mol. The molecule has 158 valence electrons. The Balaban J connectivity index is 1.71. The lowest BCUT2D eigenvalue weighted by atomic mass is 9.48. The smallest absolute Gasteiger partial charge is 0.252 e. The number of benzene rings is 1. The molecule has 1 aromatic carbocycles. The molecule has 2 fully saturated rings. The Morgan fingerprint density at radius 1 is 1.33 bits per heavy atom. The van der Waals surface area contributed by atoms with Crippen molar-refractivity contribution in [3.8, 4) is 5.75 Å². The summed E-state index contributed by atoms with van der Waals surface area (Å²) in [6, 6.07) is 7.03. The summed E-state index contributed by atoms with van der Waals surface area (Å²) in [5, 5.41) is 23.3. The number of phenols is 1. The van der Waals surface area contributed by atoms with E-state index in [-0.39, 0.29) is 29.6 Å². The van der Waals surface area contributed by atoms with Gasteiger partial charge in [-0.1, -0.05) is 6.07 Å². The number of aliphatic hydroxyl groups is 1. The number of likely N-dealkylation sites (tertiary alicyclic amines) is 1. The predicted molar refractivity (Wildman–Crippen MR) is 108 cm³/mol. The number of furan rings is 1. The van der Waals surface area contributed by atoms with Gasteiger partial charge in [-0.25, -0.2) is 0 Å². The van der Waals surface area contributed by atoms with Crippen LogP contribution in [0, 0.1) is 0 Å². The van der Waals surface area contributed by atoms with Crippen LogP contribution < -0.4 is 5.73 Å². The van der Waals surface area contributed by atoms with Gasteiger partial charge in [0.05, 0.1) is 25.4 Å². The minimum absolute atomic E-state index is 0.0420. The number of hydrogen-bond donors (Lipinski definition) is 3. The molecule has 2 aliphatic carbocycles. The number of carbonyl (C=O) groups excluding carboxylic acids is 2. The molecule has 3 aliphatic rings. The monoisotopic (exact) mass is 411 g/mol. The summed E-state index contributed by atoms with van der Waals surface area (Å²) in [7, 11) is 2.13. The second-order valence-corrected chi connectivity index (χ2v) is 9.49. The zero-order chi connectivity index (χ0) is 21.3. The molecule has 0 radical (unpaired) electrons. The van der Waals surface area contributed by atoms with Gasteiger partial charge < -0.3 is 24.8 Å². The Hall–Kier alpha value is -2.64. The van der Waals surface area contributed by atoms with Gasteiger partial charge in [0.25, 0.3) is 5.91 Å². The summed E-state index contributed by atoms with van der Waals surface area (Å²) in [4.78, 5) is 24.5. The number of nitrogens with zero attached hydrogens (tertiary/aromatic N) is 1. The number of Topliss-reactive ketones (excluding diaryl/α,β-unsaturated/α-hetero) is 1. The number of fused-ring (bicyclic) bond motifs is 1. The highest BCUT2D eigenvalue weighted by Gasteiger charge is 2.70. The zero-order valence-corrected chi connectivity index (χ0v) is 17.1. The molecule has 7 nitrogen and oxygen atoms in total. The summed E-state index contributed by atoms with van der Waals surface area (Å²) >= 11 is 0. The molecule has 30 heavy (non-hydrogen) atoms. The number of amides is 1. The van der Waals surface area contributed by atoms with Crippen LogP contribution in [-0.2, 0) is 23.2 Å². The molecule has 2 aromatic rings. The lowest BCUT2D eigenvalue weighted by molar-refractivity contribution is -0.961. The number of nitrogens with two attached hydrogens (primary N) is 1. The van der Waals surface area contributed by atoms with Crippen LogP contribution in [0.2, 0.25) is 0 Å². The van der Waals surface area contributed by atoms with Gasteiger partial charge in [-0.2, -0.15) is 0 Å². The van der Waals surface area contributed by atoms with Gasteiger partial charge in [0.1, 0.15) is 29.7 Å². The van der Waals surface area contributed by atoms with Crippen LogP contribution in [-0.4, -0.2) is 51.6 Å². The van der Waals surface area contributed by atoms with Crippen LogP contribution in [0.1, 0.15) is 52.9 Å². The molecule has 1 saturated heterocycles. The first kappa shape index (κ1) is 19.3. The van der Waals surface area contributed by atoms with E-state index in [1.54, 1.807) is 12.3 Å². The summed E-state index contributed by atoms with van der Waals surface area (Å²) in [6.45, 7) is 1.37. The van der Waals surface area contributed by atoms with E-state index in [1.807, 2.05) is 18.2 Å². The van der Waals surface area contributed by atoms with E-state index >= 15 is 0 Å². The van der Waals surface area contributed by atoms with Gasteiger partial charge >= 0.3 is 0 Å². The molecule has 1 aliphatic heterocycles. The third-order valence-electron chi connectivity index (χ3n) is 7.98. The average Bonchev–Trinajstić information content (AvgIpc) is 3.18. The van der Waals surface area contributed by atoms with Crippen LogP contribution in [0.4, 0.5) is 0 Å². The highest BCUT2D eigenvalue weighted by molar-refractivity contribution is 5.96. The van der Waals surface area contributed by atoms with Crippen molar-refractivity contribution in [3.63, 3.8) is 0 Å². The Bertz CT molecular complexity index is 1050. The second-order valence-electron chi connectivity index (χ2n) is 9.49. The number of ketones is 1. The molecule has 1 aromatic heterocycles. The molecular formula is C23H27N2O5+. The highest BCUT2D eigenvalue weighted by Crippen LogP contribution is 2.61. The topological polar surface area (TPSA) is 114 Å². The SMILES string of the molecule is C[N+]1(Cc2ccco2)CC[C@]23CC(=O)CC[C@@]2(O)[C@H]1Cc1ccc(C(N)=O)c(O)c13. The van der Waals surface area contributed by atoms with E-state index in [4.69, 9.17) is 10.2 Å². The number of primary amides is 1. The first-order chi connectivity index (χ1) is 14.2. The minimum atomic E-state index is -1.17. The van der Waals surface area contributed by atoms with E-state index in [0.29, 0.717) is 42.3 Å². The second kappa shape index (κ2) is 6.18. The van der Waals surface area contributed by atoms with Crippen molar-refractivity contribution >= 4 is 11.7 Å². The number of hydrogen-bond acceptors (Lipinski definition) is 5. The van der Waals surface area contributed by atoms with Crippen LogP contribution in [0.5, 0.6) is 5.75 Å². The van der Waals surface area contributed by atoms with Crippen molar-refractivity contribution in [2.75, 3.05) is 13.6 Å². The maximum absolute atomic E-state index is 12.6. The molecule has 2 bridgehead atoms. The van der Waals surface area contributed by atoms with E-state index in [9.17, 15) is 19.8 Å². The van der Waals surface area contributed by atoms with Crippen LogP contribution in [0.3, 0.4) is 0 Å². The summed E-state index contributed by atoms with van der Waals surface area (Å²) in [6.07, 6.45) is 3.58. The van der Waals surface area contributed by atoms with Gasteiger partial charge in [0.15, 0.2) is 5.76 Å². The molecule has 2 heterocycles. The molecule has 4 N–H and O–H groups in total. The largest absolute Gasteiger partial charge is 0.507 e. The van der Waals surface area contributed by atoms with Gasteiger partial charge in [0, 0.05) is 36.7 Å². The Morgan fingerprint density at radius 2 is 2.13 bits per heavy atom. The van der Waals surface area contributed by atoms with Crippen molar-refractivity contribution in [2.45, 2.75) is 55.7 Å². The molecule has 0 spiro atoms. The van der Waals surface area contributed by atoms with Crippen molar-refractivity contribution in [1.29, 1.82) is 0 Å². The number of piperidine rings is 1. The van der Waals surface area contributed by atoms with Gasteiger partial charge in [-0.3, -0.25) is 9.59 Å². The normalized spacial score (nSPS) is 34.9. The first-order valence-corrected chi connectivity index (χ1v) is 10.5. The third kappa shape index (κ3) is 2.39. The maximum atomic E-state index is 12.6. The van der Waals surface area contributed by atoms with Gasteiger partial charge in [0.2, 0.25) is 0 Å². The van der Waals surface area contributed by atoms with Gasteiger partial charge in [-0.15, -0.1) is 0 Å². The summed E-state index contributed by atoms with van der Waals surface area (Å²) < 4.78 is 6.21. The number of likely N-dealkylation sites (N-methyl/N-ethyl adjacent to an activating group) is 1. The molecule has 1 unspecified atom stereocenters. The Morgan fingerprint density at radius 3 is 2.83 bits per heavy atom.